The van der Waals surface area contributed by atoms with Gasteiger partial charge < -0.3 is 5.73 Å². The molecule has 3 N–H and O–H groups in total. The van der Waals surface area contributed by atoms with Gasteiger partial charge in [0.05, 0.1) is 0 Å². The van der Waals surface area contributed by atoms with Gasteiger partial charge in [-0.2, -0.15) is 0 Å². The molecule has 0 aliphatic heterocycles. The van der Waals surface area contributed by atoms with Gasteiger partial charge in [0.2, 0.25) is 0 Å². The summed E-state index contributed by atoms with van der Waals surface area (Å²) in [5.41, 5.74) is 10.3. The van der Waals surface area contributed by atoms with E-state index in [1.54, 1.807) is 11.8 Å². The van der Waals surface area contributed by atoms with Crippen molar-refractivity contribution in [3.05, 3.63) is 63.1 Å². The van der Waals surface area contributed by atoms with Crippen LogP contribution in [0.2, 0.25) is 0 Å². The highest BCUT2D eigenvalue weighted by atomic mass is 79.9. The molecule has 0 saturated heterocycles. The van der Waals surface area contributed by atoms with Crippen LogP contribution in [0.25, 0.3) is 0 Å². The lowest BCUT2D eigenvalue weighted by Gasteiger charge is -2.09. The molecular formula is C16H17BrN2S. The second-order valence-electron chi connectivity index (χ2n) is 4.84. The number of nitrogens with one attached hydrogen (secondary N) is 1. The number of nitrogen functional groups attached to an aromatic ring is 1. The number of benzene rings is 2. The van der Waals surface area contributed by atoms with Crippen molar-refractivity contribution in [3.63, 3.8) is 0 Å². The van der Waals surface area contributed by atoms with Gasteiger partial charge in [0.15, 0.2) is 0 Å². The predicted molar refractivity (Wildman–Crippen MR) is 90.6 cm³/mol. The minimum atomic E-state index is 0.106. The number of amidine groups is 1. The molecule has 2 rings (SSSR count). The smallest absolute Gasteiger partial charge is 0.123 e. The average molecular weight is 349 g/mol. The maximum Gasteiger partial charge on any atom is 0.123 e. The van der Waals surface area contributed by atoms with Crippen LogP contribution in [0.15, 0.2) is 45.8 Å². The predicted octanol–water partition coefficient (Wildman–Crippen LogP) is 4.64. The van der Waals surface area contributed by atoms with Crippen LogP contribution >= 0.6 is 27.7 Å². The third kappa shape index (κ3) is 3.87. The minimum Gasteiger partial charge on any atom is -0.384 e. The van der Waals surface area contributed by atoms with E-state index in [2.05, 4.69) is 48.0 Å². The summed E-state index contributed by atoms with van der Waals surface area (Å²) in [6, 6.07) is 12.5. The molecule has 0 aliphatic carbocycles. The van der Waals surface area contributed by atoms with Gasteiger partial charge in [-0.05, 0) is 37.6 Å². The summed E-state index contributed by atoms with van der Waals surface area (Å²) in [5.74, 6) is 0.985. The van der Waals surface area contributed by atoms with Crippen molar-refractivity contribution in [2.24, 2.45) is 5.73 Å². The number of halogens is 1. The standard InChI is InChI=1S/C16H17BrN2S/c1-10-5-11(2)7-12(6-10)9-20-15-4-3-13(17)8-14(15)16(18)19/h3-8H,9H2,1-2H3,(H3,18,19). The first-order chi connectivity index (χ1) is 9.45. The molecule has 0 amide bonds. The summed E-state index contributed by atoms with van der Waals surface area (Å²) in [6.07, 6.45) is 0. The first kappa shape index (κ1) is 15.1. The number of aryl methyl sites for hydroxylation is 2. The Morgan fingerprint density at radius 3 is 2.40 bits per heavy atom. The van der Waals surface area contributed by atoms with Crippen molar-refractivity contribution in [1.82, 2.24) is 0 Å². The molecule has 20 heavy (non-hydrogen) atoms. The molecule has 0 aromatic heterocycles. The van der Waals surface area contributed by atoms with E-state index in [1.807, 2.05) is 18.2 Å². The largest absolute Gasteiger partial charge is 0.384 e. The van der Waals surface area contributed by atoms with Crippen molar-refractivity contribution in [2.75, 3.05) is 0 Å². The fraction of sp³-hybridized carbons (Fsp3) is 0.188. The monoisotopic (exact) mass is 348 g/mol. The van der Waals surface area contributed by atoms with Crippen molar-refractivity contribution >= 4 is 33.5 Å². The van der Waals surface area contributed by atoms with Crippen molar-refractivity contribution in [2.45, 2.75) is 24.5 Å². The van der Waals surface area contributed by atoms with Crippen LogP contribution in [-0.2, 0) is 5.75 Å². The Kier molecular flexibility index (Phi) is 4.89. The normalized spacial score (nSPS) is 10.6. The number of nitrogens with two attached hydrogens (primary N) is 1. The van der Waals surface area contributed by atoms with Gasteiger partial charge in [0.25, 0.3) is 0 Å². The highest BCUT2D eigenvalue weighted by Gasteiger charge is 2.07. The molecule has 0 spiro atoms. The Morgan fingerprint density at radius 1 is 1.15 bits per heavy atom. The summed E-state index contributed by atoms with van der Waals surface area (Å²) in [7, 11) is 0. The maximum atomic E-state index is 7.67. The molecule has 0 atom stereocenters. The Labute approximate surface area is 132 Å². The molecule has 0 fully saturated rings. The second kappa shape index (κ2) is 6.46. The second-order valence-corrected chi connectivity index (χ2v) is 6.77. The molecule has 0 radical (unpaired) electrons. The molecule has 104 valence electrons. The number of thioether (sulfide) groups is 1. The zero-order valence-electron chi connectivity index (χ0n) is 11.5. The molecule has 0 unspecified atom stereocenters. The minimum absolute atomic E-state index is 0.106. The molecular weight excluding hydrogens is 332 g/mol. The summed E-state index contributed by atoms with van der Waals surface area (Å²) < 4.78 is 0.943. The highest BCUT2D eigenvalue weighted by Crippen LogP contribution is 2.29. The van der Waals surface area contributed by atoms with Crippen LogP contribution in [0.4, 0.5) is 0 Å². The van der Waals surface area contributed by atoms with Crippen LogP contribution in [-0.4, -0.2) is 5.84 Å². The summed E-state index contributed by atoms with van der Waals surface area (Å²) in [6.45, 7) is 4.23. The summed E-state index contributed by atoms with van der Waals surface area (Å²) >= 11 is 5.13. The molecule has 0 bridgehead atoms. The Morgan fingerprint density at radius 2 is 1.80 bits per heavy atom. The van der Waals surface area contributed by atoms with Crippen molar-refractivity contribution < 1.29 is 0 Å². The van der Waals surface area contributed by atoms with Crippen LogP contribution < -0.4 is 5.73 Å². The van der Waals surface area contributed by atoms with Gasteiger partial charge in [0, 0.05) is 20.7 Å². The lowest BCUT2D eigenvalue weighted by Crippen LogP contribution is -2.12. The van der Waals surface area contributed by atoms with E-state index in [1.165, 1.54) is 16.7 Å². The van der Waals surface area contributed by atoms with Gasteiger partial charge in [-0.1, -0.05) is 45.3 Å². The third-order valence-electron chi connectivity index (χ3n) is 2.91. The van der Waals surface area contributed by atoms with Crippen molar-refractivity contribution in [1.29, 1.82) is 5.41 Å². The van der Waals surface area contributed by atoms with E-state index in [0.717, 1.165) is 20.7 Å². The molecule has 0 heterocycles. The lowest BCUT2D eigenvalue weighted by atomic mass is 10.1. The number of hydrogen-bond acceptors (Lipinski definition) is 2. The molecule has 2 nitrogen and oxygen atoms in total. The quantitative estimate of drug-likeness (QED) is 0.480. The summed E-state index contributed by atoms with van der Waals surface area (Å²) in [4.78, 5) is 1.04. The van der Waals surface area contributed by atoms with E-state index in [9.17, 15) is 0 Å². The fourth-order valence-electron chi connectivity index (χ4n) is 2.15. The van der Waals surface area contributed by atoms with Crippen molar-refractivity contribution in [3.8, 4) is 0 Å². The first-order valence-corrected chi connectivity index (χ1v) is 8.07. The van der Waals surface area contributed by atoms with E-state index >= 15 is 0 Å². The molecule has 2 aromatic rings. The zero-order valence-corrected chi connectivity index (χ0v) is 13.9. The van der Waals surface area contributed by atoms with Gasteiger partial charge in [-0.3, -0.25) is 5.41 Å². The molecule has 4 heteroatoms. The van der Waals surface area contributed by atoms with Gasteiger partial charge >= 0.3 is 0 Å². The topological polar surface area (TPSA) is 49.9 Å². The summed E-state index contributed by atoms with van der Waals surface area (Å²) in [5, 5.41) is 7.67. The SMILES string of the molecule is Cc1cc(C)cc(CSc2ccc(Br)cc2C(=N)N)c1. The van der Waals surface area contributed by atoms with Gasteiger partial charge in [0.1, 0.15) is 5.84 Å². The Balaban J connectivity index is 2.20. The van der Waals surface area contributed by atoms with E-state index in [-0.39, 0.29) is 5.84 Å². The van der Waals surface area contributed by atoms with E-state index in [4.69, 9.17) is 11.1 Å². The van der Waals surface area contributed by atoms with Gasteiger partial charge in [-0.25, -0.2) is 0 Å². The van der Waals surface area contributed by atoms with Crippen LogP contribution in [0.1, 0.15) is 22.3 Å². The zero-order chi connectivity index (χ0) is 14.7. The van der Waals surface area contributed by atoms with E-state index in [0.29, 0.717) is 0 Å². The third-order valence-corrected chi connectivity index (χ3v) is 4.55. The Bertz CT molecular complexity index is 633. The fourth-order valence-corrected chi connectivity index (χ4v) is 3.49. The number of rotatable bonds is 4. The maximum absolute atomic E-state index is 7.67. The lowest BCUT2D eigenvalue weighted by molar-refractivity contribution is 1.28. The molecule has 0 saturated carbocycles. The van der Waals surface area contributed by atoms with Crippen LogP contribution in [0, 0.1) is 19.3 Å². The van der Waals surface area contributed by atoms with Gasteiger partial charge in [-0.15, -0.1) is 11.8 Å². The molecule has 0 aliphatic rings. The van der Waals surface area contributed by atoms with Crippen LogP contribution in [0.3, 0.4) is 0 Å². The number of hydrogen-bond donors (Lipinski definition) is 2. The highest BCUT2D eigenvalue weighted by molar-refractivity contribution is 9.10. The van der Waals surface area contributed by atoms with Crippen LogP contribution in [0.5, 0.6) is 0 Å². The first-order valence-electron chi connectivity index (χ1n) is 6.29. The molecule has 2 aromatic carbocycles. The average Bonchev–Trinajstić information content (AvgIpc) is 2.36. The Hall–Kier alpha value is -1.26. The van der Waals surface area contributed by atoms with E-state index < -0.39 is 0 Å².